The molecule has 218 valence electrons. The molecule has 5 heteroatoms. The zero-order valence-electron chi connectivity index (χ0n) is 25.2. The minimum absolute atomic E-state index is 0.255. The van der Waals surface area contributed by atoms with E-state index in [4.69, 9.17) is 0 Å². The van der Waals surface area contributed by atoms with E-state index in [-0.39, 0.29) is 6.71 Å². The average Bonchev–Trinajstić information content (AvgIpc) is 3.64. The number of aromatic nitrogens is 2. The van der Waals surface area contributed by atoms with E-state index in [2.05, 4.69) is 161 Å². The molecular weight excluding hydrogens is 607 g/mol. The molecule has 0 unspecified atom stereocenters. The Bertz CT molecular complexity index is 2690. The van der Waals surface area contributed by atoms with Gasteiger partial charge in [0.2, 0.25) is 6.71 Å². The van der Waals surface area contributed by atoms with Gasteiger partial charge in [0.05, 0.1) is 22.1 Å². The van der Waals surface area contributed by atoms with E-state index in [1.165, 1.54) is 91.0 Å². The summed E-state index contributed by atoms with van der Waals surface area (Å²) in [5.41, 5.74) is 11.6. The summed E-state index contributed by atoms with van der Waals surface area (Å²) in [4.78, 5) is 5.42. The maximum atomic E-state index is 2.51. The smallest absolute Gasteiger partial charge is 0.247 e. The maximum Gasteiger partial charge on any atom is 0.247 e. The third kappa shape index (κ3) is 3.56. The zero-order chi connectivity index (χ0) is 30.6. The first-order valence-corrected chi connectivity index (χ1v) is 17.7. The van der Waals surface area contributed by atoms with Crippen LogP contribution >= 0.6 is 23.5 Å². The molecular formula is C42H25BN2S2. The predicted molar refractivity (Wildman–Crippen MR) is 201 cm³/mol. The molecule has 2 nitrogen and oxygen atoms in total. The first kappa shape index (κ1) is 26.0. The molecule has 47 heavy (non-hydrogen) atoms. The molecule has 0 atom stereocenters. The fourth-order valence-electron chi connectivity index (χ4n) is 8.16. The summed E-state index contributed by atoms with van der Waals surface area (Å²) < 4.78 is 4.92. The molecule has 4 heterocycles. The highest BCUT2D eigenvalue weighted by Gasteiger charge is 2.38. The predicted octanol–water partition coefficient (Wildman–Crippen LogP) is 9.33. The first-order chi connectivity index (χ1) is 23.3. The lowest BCUT2D eigenvalue weighted by atomic mass is 9.36. The molecule has 11 rings (SSSR count). The van der Waals surface area contributed by atoms with Gasteiger partial charge in [-0.1, -0.05) is 125 Å². The number of para-hydroxylation sites is 3. The van der Waals surface area contributed by atoms with E-state index in [1.54, 1.807) is 0 Å². The van der Waals surface area contributed by atoms with E-state index in [0.29, 0.717) is 0 Å². The van der Waals surface area contributed by atoms with E-state index >= 15 is 0 Å². The highest BCUT2D eigenvalue weighted by Crippen LogP contribution is 2.44. The molecule has 0 saturated carbocycles. The van der Waals surface area contributed by atoms with Gasteiger partial charge in [0.25, 0.3) is 0 Å². The molecule has 0 radical (unpaired) electrons. The molecule has 0 bridgehead atoms. The number of rotatable bonds is 2. The van der Waals surface area contributed by atoms with Crippen LogP contribution in [-0.4, -0.2) is 15.8 Å². The number of hydrogen-bond acceptors (Lipinski definition) is 2. The van der Waals surface area contributed by atoms with E-state index in [9.17, 15) is 0 Å². The minimum Gasteiger partial charge on any atom is -0.309 e. The summed E-state index contributed by atoms with van der Waals surface area (Å²) in [7, 11) is 0. The van der Waals surface area contributed by atoms with Gasteiger partial charge in [0.15, 0.2) is 0 Å². The summed E-state index contributed by atoms with van der Waals surface area (Å²) in [6.07, 6.45) is 0. The van der Waals surface area contributed by atoms with Crippen LogP contribution in [0.5, 0.6) is 0 Å². The number of benzene rings is 7. The number of hydrogen-bond donors (Lipinski definition) is 0. The van der Waals surface area contributed by atoms with Crippen LogP contribution in [-0.2, 0) is 0 Å². The Morgan fingerprint density at radius 1 is 0.383 bits per heavy atom. The molecule has 7 aromatic carbocycles. The molecule has 0 fully saturated rings. The largest absolute Gasteiger partial charge is 0.309 e. The minimum atomic E-state index is 0.255. The van der Waals surface area contributed by atoms with E-state index < -0.39 is 0 Å². The fourth-order valence-corrected chi connectivity index (χ4v) is 10.6. The average molecular weight is 633 g/mol. The molecule has 9 aromatic rings. The van der Waals surface area contributed by atoms with Gasteiger partial charge in [-0.25, -0.2) is 0 Å². The van der Waals surface area contributed by atoms with Crippen LogP contribution in [0.3, 0.4) is 0 Å². The molecule has 0 spiro atoms. The third-order valence-corrected chi connectivity index (χ3v) is 12.3. The van der Waals surface area contributed by atoms with Crippen molar-refractivity contribution in [3.8, 4) is 11.4 Å². The van der Waals surface area contributed by atoms with Crippen LogP contribution < -0.4 is 16.4 Å². The zero-order valence-corrected chi connectivity index (χ0v) is 26.9. The van der Waals surface area contributed by atoms with Crippen LogP contribution in [0.15, 0.2) is 171 Å². The van der Waals surface area contributed by atoms with Crippen molar-refractivity contribution in [1.29, 1.82) is 0 Å². The van der Waals surface area contributed by atoms with Gasteiger partial charge in [0, 0.05) is 52.5 Å². The van der Waals surface area contributed by atoms with Gasteiger partial charge in [-0.3, -0.25) is 0 Å². The van der Waals surface area contributed by atoms with Gasteiger partial charge in [-0.15, -0.1) is 0 Å². The molecule has 2 aromatic heterocycles. The van der Waals surface area contributed by atoms with Crippen molar-refractivity contribution >= 4 is 90.2 Å². The van der Waals surface area contributed by atoms with Gasteiger partial charge in [-0.05, 0) is 66.1 Å². The lowest BCUT2D eigenvalue weighted by Crippen LogP contribution is -2.58. The Balaban J connectivity index is 1.23. The van der Waals surface area contributed by atoms with Crippen molar-refractivity contribution < 1.29 is 0 Å². The summed E-state index contributed by atoms with van der Waals surface area (Å²) >= 11 is 3.84. The summed E-state index contributed by atoms with van der Waals surface area (Å²) in [5.74, 6) is 0. The van der Waals surface area contributed by atoms with Crippen LogP contribution in [0, 0.1) is 0 Å². The molecule has 0 saturated heterocycles. The summed E-state index contributed by atoms with van der Waals surface area (Å²) in [5, 5.41) is 5.18. The maximum absolute atomic E-state index is 2.51. The fraction of sp³-hybridized carbons (Fsp3) is 0. The van der Waals surface area contributed by atoms with Crippen molar-refractivity contribution in [1.82, 2.24) is 9.13 Å². The van der Waals surface area contributed by atoms with E-state index in [0.717, 1.165) is 0 Å². The van der Waals surface area contributed by atoms with Gasteiger partial charge in [-0.2, -0.15) is 0 Å². The second-order valence-electron chi connectivity index (χ2n) is 12.5. The first-order valence-electron chi connectivity index (χ1n) is 16.1. The highest BCUT2D eigenvalue weighted by molar-refractivity contribution is 8.01. The monoisotopic (exact) mass is 632 g/mol. The molecule has 2 aliphatic rings. The van der Waals surface area contributed by atoms with Gasteiger partial charge in [0.1, 0.15) is 0 Å². The normalized spacial score (nSPS) is 13.3. The van der Waals surface area contributed by atoms with Crippen molar-refractivity contribution in [2.45, 2.75) is 19.6 Å². The second kappa shape index (κ2) is 9.71. The summed E-state index contributed by atoms with van der Waals surface area (Å²) in [6.45, 7) is 0.255. The van der Waals surface area contributed by atoms with Crippen molar-refractivity contribution in [3.63, 3.8) is 0 Å². The van der Waals surface area contributed by atoms with Crippen LogP contribution in [0.1, 0.15) is 0 Å². The standard InChI is InChI=1S/C42H25BN2S2/c1-2-12-26(13-3-1)44-32-18-8-4-14-28(32)40-34(44)22-23-35-41(40)29-15-5-9-19-33(29)45(35)27-24-38-42-39(25-27)47-37-21-11-7-17-31(37)43(42)30-16-6-10-20-36(30)46-38/h1-25H. The molecule has 2 aliphatic heterocycles. The third-order valence-electron chi connectivity index (χ3n) is 10.0. The highest BCUT2D eigenvalue weighted by atomic mass is 32.2. The SMILES string of the molecule is c1ccc(-n2c3ccccc3c3c4c5ccccc5n(-c5cc6c7c(c5)Sc5ccccc5B7c5ccccc5S6)c4ccc32)cc1. The number of nitrogens with zero attached hydrogens (tertiary/aromatic N) is 2. The Morgan fingerprint density at radius 3 is 1.43 bits per heavy atom. The number of fused-ring (bicyclic) bond motifs is 11. The van der Waals surface area contributed by atoms with Gasteiger partial charge < -0.3 is 9.13 Å². The van der Waals surface area contributed by atoms with E-state index in [1.807, 2.05) is 23.5 Å². The Labute approximate surface area is 280 Å². The van der Waals surface area contributed by atoms with Crippen LogP contribution in [0.4, 0.5) is 0 Å². The molecule has 0 N–H and O–H groups in total. The van der Waals surface area contributed by atoms with Crippen LogP contribution in [0.2, 0.25) is 0 Å². The topological polar surface area (TPSA) is 9.86 Å². The quantitative estimate of drug-likeness (QED) is 0.176. The van der Waals surface area contributed by atoms with Crippen molar-refractivity contribution in [3.05, 3.63) is 152 Å². The Kier molecular flexibility index (Phi) is 5.38. The molecule has 0 aliphatic carbocycles. The Morgan fingerprint density at radius 2 is 0.851 bits per heavy atom. The van der Waals surface area contributed by atoms with Crippen LogP contribution in [0.25, 0.3) is 55.0 Å². The van der Waals surface area contributed by atoms with Gasteiger partial charge >= 0.3 is 0 Å². The summed E-state index contributed by atoms with van der Waals surface area (Å²) in [6, 6.07) is 56.1. The lowest BCUT2D eigenvalue weighted by molar-refractivity contribution is 1.14. The Hall–Kier alpha value is -5.10. The lowest BCUT2D eigenvalue weighted by Gasteiger charge is -2.33. The van der Waals surface area contributed by atoms with Crippen molar-refractivity contribution in [2.24, 2.45) is 0 Å². The second-order valence-corrected chi connectivity index (χ2v) is 14.6. The molecule has 0 amide bonds. The van der Waals surface area contributed by atoms with Crippen molar-refractivity contribution in [2.75, 3.05) is 0 Å².